The van der Waals surface area contributed by atoms with E-state index in [4.69, 9.17) is 23.2 Å². The molecule has 1 atom stereocenters. The summed E-state index contributed by atoms with van der Waals surface area (Å²) in [7, 11) is -3.86. The van der Waals surface area contributed by atoms with E-state index in [9.17, 15) is 18.0 Å². The van der Waals surface area contributed by atoms with Crippen molar-refractivity contribution in [2.75, 3.05) is 5.32 Å². The minimum Gasteiger partial charge on any atom is -0.324 e. The van der Waals surface area contributed by atoms with Gasteiger partial charge in [0.1, 0.15) is 11.6 Å². The molecule has 0 spiro atoms. The van der Waals surface area contributed by atoms with Crippen molar-refractivity contribution in [2.45, 2.75) is 44.2 Å². The van der Waals surface area contributed by atoms with E-state index in [-0.39, 0.29) is 26.7 Å². The zero-order valence-corrected chi connectivity index (χ0v) is 20.9. The highest BCUT2D eigenvalue weighted by Crippen LogP contribution is 2.21. The molecule has 34 heavy (non-hydrogen) atoms. The van der Waals surface area contributed by atoms with Crippen LogP contribution in [-0.2, 0) is 27.8 Å². The first-order valence-corrected chi connectivity index (χ1v) is 12.7. The molecule has 2 aromatic carbocycles. The van der Waals surface area contributed by atoms with Gasteiger partial charge in [-0.05, 0) is 43.0 Å². The lowest BCUT2D eigenvalue weighted by molar-refractivity contribution is -0.117. The second kappa shape index (κ2) is 11.1. The van der Waals surface area contributed by atoms with Crippen LogP contribution in [0.4, 0.5) is 5.69 Å². The van der Waals surface area contributed by atoms with E-state index in [1.54, 1.807) is 19.1 Å². The number of carbonyl (C=O) groups is 1. The van der Waals surface area contributed by atoms with E-state index in [1.165, 1.54) is 12.3 Å². The number of carbonyl (C=O) groups excluding carboxylic acids is 1. The number of nitrogens with one attached hydrogen (secondary N) is 2. The Hall–Kier alpha value is -2.72. The smallest absolute Gasteiger partial charge is 0.287 e. The second-order valence-corrected chi connectivity index (χ2v) is 10.2. The van der Waals surface area contributed by atoms with Crippen molar-refractivity contribution in [3.05, 3.63) is 86.3 Å². The monoisotopic (exact) mass is 522 g/mol. The van der Waals surface area contributed by atoms with Gasteiger partial charge in [0.05, 0.1) is 16.1 Å². The lowest BCUT2D eigenvalue weighted by Gasteiger charge is -2.19. The van der Waals surface area contributed by atoms with Gasteiger partial charge in [0.25, 0.3) is 5.56 Å². The molecule has 0 saturated carbocycles. The maximum absolute atomic E-state index is 13.1. The van der Waals surface area contributed by atoms with Crippen LogP contribution in [-0.4, -0.2) is 30.1 Å². The van der Waals surface area contributed by atoms with E-state index in [0.717, 1.165) is 10.2 Å². The van der Waals surface area contributed by atoms with Gasteiger partial charge in [-0.1, -0.05) is 66.5 Å². The third kappa shape index (κ3) is 6.44. The van der Waals surface area contributed by atoms with E-state index in [0.29, 0.717) is 18.4 Å². The Morgan fingerprint density at radius 1 is 1.15 bits per heavy atom. The molecule has 11 heteroatoms. The summed E-state index contributed by atoms with van der Waals surface area (Å²) in [5.41, 5.74) is 1.12. The number of nitrogens with zero attached hydrogens (tertiary/aromatic N) is 2. The normalized spacial score (nSPS) is 12.4. The lowest BCUT2D eigenvalue weighted by Crippen LogP contribution is -2.36. The minimum atomic E-state index is -3.86. The Labute approximate surface area is 208 Å². The van der Waals surface area contributed by atoms with Crippen molar-refractivity contribution in [3.8, 4) is 0 Å². The summed E-state index contributed by atoms with van der Waals surface area (Å²) in [6.07, 6.45) is 2.33. The maximum atomic E-state index is 13.1. The molecule has 1 heterocycles. The summed E-state index contributed by atoms with van der Waals surface area (Å²) in [4.78, 5) is 24.6. The van der Waals surface area contributed by atoms with Crippen LogP contribution >= 0.6 is 23.2 Å². The first-order valence-electron chi connectivity index (χ1n) is 10.5. The number of rotatable bonds is 9. The molecule has 3 rings (SSSR count). The molecular formula is C23H24Cl2N4O4S. The maximum Gasteiger partial charge on any atom is 0.287 e. The van der Waals surface area contributed by atoms with Crippen molar-refractivity contribution >= 4 is 44.8 Å². The highest BCUT2D eigenvalue weighted by atomic mass is 35.5. The SMILES string of the molecule is CCC(Cc1ccccc1)NS(=O)(=O)c1cc(NC(=O)Cn2ncc(Cl)c(Cl)c2=O)ccc1C. The van der Waals surface area contributed by atoms with Crippen LogP contribution < -0.4 is 15.6 Å². The van der Waals surface area contributed by atoms with Crippen LogP contribution in [0.2, 0.25) is 10.0 Å². The molecule has 0 aliphatic carbocycles. The number of sulfonamides is 1. The van der Waals surface area contributed by atoms with Crippen molar-refractivity contribution in [1.82, 2.24) is 14.5 Å². The van der Waals surface area contributed by atoms with Gasteiger partial charge in [0.15, 0.2) is 0 Å². The molecule has 3 aromatic rings. The number of benzene rings is 2. The van der Waals surface area contributed by atoms with E-state index < -0.39 is 28.0 Å². The minimum absolute atomic E-state index is 0.0122. The third-order valence-corrected chi connectivity index (χ3v) is 7.55. The van der Waals surface area contributed by atoms with Crippen LogP contribution in [0.1, 0.15) is 24.5 Å². The molecule has 0 bridgehead atoms. The molecule has 0 aliphatic heterocycles. The average Bonchev–Trinajstić information content (AvgIpc) is 2.80. The molecule has 180 valence electrons. The molecule has 8 nitrogen and oxygen atoms in total. The molecule has 0 radical (unpaired) electrons. The van der Waals surface area contributed by atoms with Gasteiger partial charge in [-0.25, -0.2) is 17.8 Å². The average molecular weight is 523 g/mol. The molecule has 0 saturated heterocycles. The highest BCUT2D eigenvalue weighted by molar-refractivity contribution is 7.89. The fraction of sp³-hybridized carbons (Fsp3) is 0.261. The van der Waals surface area contributed by atoms with Crippen LogP contribution in [0.15, 0.2) is 64.4 Å². The highest BCUT2D eigenvalue weighted by Gasteiger charge is 2.22. The number of anilines is 1. The number of hydrogen-bond donors (Lipinski definition) is 2. The van der Waals surface area contributed by atoms with Crippen molar-refractivity contribution in [2.24, 2.45) is 0 Å². The molecule has 1 aromatic heterocycles. The molecule has 1 amide bonds. The summed E-state index contributed by atoms with van der Waals surface area (Å²) in [5.74, 6) is -0.580. The Bertz CT molecular complexity index is 1340. The summed E-state index contributed by atoms with van der Waals surface area (Å²) in [5, 5.41) is 6.13. The van der Waals surface area contributed by atoms with Crippen LogP contribution in [0.5, 0.6) is 0 Å². The Morgan fingerprint density at radius 3 is 2.53 bits per heavy atom. The van der Waals surface area contributed by atoms with Crippen molar-refractivity contribution in [3.63, 3.8) is 0 Å². The first kappa shape index (κ1) is 25.9. The van der Waals surface area contributed by atoms with Crippen molar-refractivity contribution in [1.29, 1.82) is 0 Å². The van der Waals surface area contributed by atoms with E-state index in [2.05, 4.69) is 15.1 Å². The van der Waals surface area contributed by atoms with Crippen LogP contribution in [0.25, 0.3) is 0 Å². The van der Waals surface area contributed by atoms with Crippen LogP contribution in [0, 0.1) is 6.92 Å². The molecule has 0 fully saturated rings. The van der Waals surface area contributed by atoms with Gasteiger partial charge in [-0.15, -0.1) is 0 Å². The zero-order valence-electron chi connectivity index (χ0n) is 18.6. The van der Waals surface area contributed by atoms with Crippen LogP contribution in [0.3, 0.4) is 0 Å². The molecular weight excluding hydrogens is 499 g/mol. The second-order valence-electron chi connectivity index (χ2n) is 7.71. The standard InChI is InChI=1S/C23H24Cl2N4O4S/c1-3-17(11-16-7-5-4-6-8-16)28-34(32,33)20-12-18(10-9-15(20)2)27-21(30)14-29-23(31)22(25)19(24)13-26-29/h4-10,12-13,17,28H,3,11,14H2,1-2H3,(H,27,30). The number of amides is 1. The summed E-state index contributed by atoms with van der Waals surface area (Å²) in [6.45, 7) is 3.18. The quantitative estimate of drug-likeness (QED) is 0.444. The fourth-order valence-corrected chi connectivity index (χ4v) is 5.17. The summed E-state index contributed by atoms with van der Waals surface area (Å²) < 4.78 is 29.9. The van der Waals surface area contributed by atoms with Gasteiger partial charge in [0, 0.05) is 11.7 Å². The van der Waals surface area contributed by atoms with Gasteiger partial charge < -0.3 is 5.32 Å². The number of aryl methyl sites for hydroxylation is 1. The van der Waals surface area contributed by atoms with Gasteiger partial charge >= 0.3 is 0 Å². The molecule has 1 unspecified atom stereocenters. The fourth-order valence-electron chi connectivity index (χ4n) is 3.31. The van der Waals surface area contributed by atoms with Gasteiger partial charge in [-0.2, -0.15) is 5.10 Å². The number of aromatic nitrogens is 2. The Balaban J connectivity index is 1.76. The summed E-state index contributed by atoms with van der Waals surface area (Å²) >= 11 is 11.6. The Morgan fingerprint density at radius 2 is 1.85 bits per heavy atom. The lowest BCUT2D eigenvalue weighted by atomic mass is 10.1. The van der Waals surface area contributed by atoms with Gasteiger partial charge in [-0.3, -0.25) is 9.59 Å². The Kier molecular flexibility index (Phi) is 8.48. The topological polar surface area (TPSA) is 110 Å². The number of halogens is 2. The largest absolute Gasteiger partial charge is 0.324 e. The predicted molar refractivity (Wildman–Crippen MR) is 133 cm³/mol. The van der Waals surface area contributed by atoms with E-state index >= 15 is 0 Å². The summed E-state index contributed by atoms with van der Waals surface area (Å²) in [6, 6.07) is 13.9. The predicted octanol–water partition coefficient (Wildman–Crippen LogP) is 3.80. The third-order valence-electron chi connectivity index (χ3n) is 5.14. The number of hydrogen-bond acceptors (Lipinski definition) is 5. The molecule has 0 aliphatic rings. The van der Waals surface area contributed by atoms with Crippen molar-refractivity contribution < 1.29 is 13.2 Å². The van der Waals surface area contributed by atoms with Gasteiger partial charge in [0.2, 0.25) is 15.9 Å². The first-order chi connectivity index (χ1) is 16.1. The zero-order chi connectivity index (χ0) is 24.9. The molecule has 2 N–H and O–H groups in total. The van der Waals surface area contributed by atoms with E-state index in [1.807, 2.05) is 37.3 Å².